The molecule has 3 fully saturated rings. The average molecular weight is 431 g/mol. The van der Waals surface area contributed by atoms with Crippen molar-refractivity contribution < 1.29 is 18.7 Å². The summed E-state index contributed by atoms with van der Waals surface area (Å²) >= 11 is 0. The van der Waals surface area contributed by atoms with Gasteiger partial charge in [0.05, 0.1) is 31.1 Å². The molecule has 3 aliphatic heterocycles. The number of ether oxygens (including phenoxy) is 1. The monoisotopic (exact) mass is 431 g/mol. The van der Waals surface area contributed by atoms with Crippen LogP contribution in [0.5, 0.6) is 0 Å². The first kappa shape index (κ1) is 21.3. The first-order valence-electron chi connectivity index (χ1n) is 10.4. The number of aromatic nitrogens is 1. The largest absolute Gasteiger partial charge is 0.453 e. The number of carbonyl (C=O) groups excluding carboxylic acids is 2. The lowest BCUT2D eigenvalue weighted by Gasteiger charge is -2.48. The molecule has 0 radical (unpaired) electrons. The number of amides is 2. The predicted molar refractivity (Wildman–Crippen MR) is 108 cm³/mol. The van der Waals surface area contributed by atoms with Crippen LogP contribution in [-0.4, -0.2) is 71.4 Å². The number of halogens is 1. The van der Waals surface area contributed by atoms with Crippen molar-refractivity contribution in [2.45, 2.75) is 43.4 Å². The van der Waals surface area contributed by atoms with Crippen LogP contribution in [-0.2, 0) is 9.53 Å². The molecule has 0 bridgehead atoms. The molecular formula is C20H26FN7O3. The second-order valence-electron chi connectivity index (χ2n) is 8.18. The number of rotatable bonds is 4. The van der Waals surface area contributed by atoms with E-state index >= 15 is 0 Å². The standard InChI is InChI=1S/C20H26FN7O3/c1-31-19(30)27-10-5-20(4-7-22,6-11-27)28-14-3-9-24-18(29)16(14)17(26-28)25-13-2-8-23-15(21)12-13/h2,8,12,14,16-17,26H,3-6,9-11H2,1H3,(H,23,25)(H,24,29). The summed E-state index contributed by atoms with van der Waals surface area (Å²) in [5, 5.41) is 17.8. The number of hydrazine groups is 1. The molecule has 4 rings (SSSR count). The smallest absolute Gasteiger partial charge is 0.409 e. The summed E-state index contributed by atoms with van der Waals surface area (Å²) in [6, 6.07) is 5.09. The van der Waals surface area contributed by atoms with E-state index in [1.54, 1.807) is 11.0 Å². The molecule has 1 aromatic rings. The Bertz CT molecular complexity index is 884. The van der Waals surface area contributed by atoms with E-state index in [2.05, 4.69) is 32.1 Å². The number of nitrogens with zero attached hydrogens (tertiary/aromatic N) is 4. The predicted octanol–water partition coefficient (Wildman–Crippen LogP) is 0.798. The van der Waals surface area contributed by atoms with Crippen molar-refractivity contribution in [3.8, 4) is 6.07 Å². The van der Waals surface area contributed by atoms with Gasteiger partial charge in [-0.15, -0.1) is 0 Å². The topological polar surface area (TPSA) is 123 Å². The van der Waals surface area contributed by atoms with Crippen LogP contribution in [0.2, 0.25) is 0 Å². The van der Waals surface area contributed by atoms with Gasteiger partial charge in [-0.1, -0.05) is 0 Å². The van der Waals surface area contributed by atoms with Crippen molar-refractivity contribution in [3.05, 3.63) is 24.3 Å². The molecule has 1 aromatic heterocycles. The molecule has 2 amide bonds. The Morgan fingerprint density at radius 3 is 2.94 bits per heavy atom. The van der Waals surface area contributed by atoms with Crippen LogP contribution in [0.25, 0.3) is 0 Å². The van der Waals surface area contributed by atoms with Crippen LogP contribution in [0.3, 0.4) is 0 Å². The van der Waals surface area contributed by atoms with E-state index in [4.69, 9.17) is 4.74 Å². The quantitative estimate of drug-likeness (QED) is 0.599. The van der Waals surface area contributed by atoms with Gasteiger partial charge in [0.25, 0.3) is 0 Å². The number of likely N-dealkylation sites (tertiary alicyclic amines) is 1. The van der Waals surface area contributed by atoms with E-state index in [1.165, 1.54) is 19.4 Å². The van der Waals surface area contributed by atoms with Crippen LogP contribution < -0.4 is 16.1 Å². The van der Waals surface area contributed by atoms with Crippen LogP contribution in [0.4, 0.5) is 14.9 Å². The molecule has 3 N–H and O–H groups in total. The summed E-state index contributed by atoms with van der Waals surface area (Å²) in [5.74, 6) is -1.11. The van der Waals surface area contributed by atoms with Gasteiger partial charge in [0.1, 0.15) is 6.17 Å². The molecule has 0 saturated carbocycles. The number of hydrogen-bond acceptors (Lipinski definition) is 8. The highest BCUT2D eigenvalue weighted by Crippen LogP contribution is 2.40. The van der Waals surface area contributed by atoms with Crippen LogP contribution in [0, 0.1) is 23.2 Å². The first-order chi connectivity index (χ1) is 15.0. The van der Waals surface area contributed by atoms with Gasteiger partial charge in [0.15, 0.2) is 0 Å². The van der Waals surface area contributed by atoms with Crippen molar-refractivity contribution in [1.29, 1.82) is 5.26 Å². The van der Waals surface area contributed by atoms with E-state index in [9.17, 15) is 19.2 Å². The van der Waals surface area contributed by atoms with Gasteiger partial charge in [-0.3, -0.25) is 4.79 Å². The van der Waals surface area contributed by atoms with Gasteiger partial charge in [-0.25, -0.2) is 20.2 Å². The molecule has 166 valence electrons. The first-order valence-corrected chi connectivity index (χ1v) is 10.4. The number of fused-ring (bicyclic) bond motifs is 1. The molecule has 3 unspecified atom stereocenters. The maximum absolute atomic E-state index is 13.6. The van der Waals surface area contributed by atoms with Gasteiger partial charge >= 0.3 is 6.09 Å². The van der Waals surface area contributed by atoms with Gasteiger partial charge < -0.3 is 20.3 Å². The number of anilines is 1. The van der Waals surface area contributed by atoms with Gasteiger partial charge in [-0.05, 0) is 25.3 Å². The third kappa shape index (κ3) is 4.00. The molecular weight excluding hydrogens is 405 g/mol. The zero-order valence-corrected chi connectivity index (χ0v) is 17.3. The number of nitriles is 1. The molecule has 0 aliphatic carbocycles. The second kappa shape index (κ2) is 8.64. The lowest BCUT2D eigenvalue weighted by molar-refractivity contribution is -0.128. The van der Waals surface area contributed by atoms with Crippen molar-refractivity contribution in [1.82, 2.24) is 25.6 Å². The van der Waals surface area contributed by atoms with Gasteiger partial charge in [0, 0.05) is 43.6 Å². The molecule has 0 spiro atoms. The van der Waals surface area contributed by atoms with Crippen LogP contribution >= 0.6 is 0 Å². The van der Waals surface area contributed by atoms with Crippen molar-refractivity contribution in [3.63, 3.8) is 0 Å². The molecule has 11 heteroatoms. The summed E-state index contributed by atoms with van der Waals surface area (Å²) in [6.07, 6.45) is 2.64. The Morgan fingerprint density at radius 2 is 2.26 bits per heavy atom. The van der Waals surface area contributed by atoms with E-state index in [0.29, 0.717) is 38.2 Å². The van der Waals surface area contributed by atoms with Crippen molar-refractivity contribution >= 4 is 17.7 Å². The fourth-order valence-electron chi connectivity index (χ4n) is 4.97. The summed E-state index contributed by atoms with van der Waals surface area (Å²) in [7, 11) is 1.35. The molecule has 31 heavy (non-hydrogen) atoms. The molecule has 10 nitrogen and oxygen atoms in total. The number of pyridine rings is 1. The van der Waals surface area contributed by atoms with E-state index in [0.717, 1.165) is 6.42 Å². The Morgan fingerprint density at radius 1 is 1.48 bits per heavy atom. The Balaban J connectivity index is 1.59. The number of carbonyl (C=O) groups is 2. The minimum absolute atomic E-state index is 0.0858. The summed E-state index contributed by atoms with van der Waals surface area (Å²) in [4.78, 5) is 29.9. The number of piperidine rings is 2. The average Bonchev–Trinajstić information content (AvgIpc) is 3.14. The van der Waals surface area contributed by atoms with E-state index in [-0.39, 0.29) is 24.5 Å². The zero-order valence-electron chi connectivity index (χ0n) is 17.3. The maximum atomic E-state index is 13.6. The van der Waals surface area contributed by atoms with Crippen LogP contribution in [0.1, 0.15) is 25.7 Å². The van der Waals surface area contributed by atoms with E-state index in [1.807, 2.05) is 0 Å². The minimum Gasteiger partial charge on any atom is -0.453 e. The third-order valence-corrected chi connectivity index (χ3v) is 6.52. The molecule has 3 aliphatic rings. The zero-order chi connectivity index (χ0) is 22.0. The van der Waals surface area contributed by atoms with Crippen molar-refractivity contribution in [2.24, 2.45) is 5.92 Å². The summed E-state index contributed by atoms with van der Waals surface area (Å²) < 4.78 is 18.4. The second-order valence-corrected chi connectivity index (χ2v) is 8.18. The fourth-order valence-corrected chi connectivity index (χ4v) is 4.97. The Kier molecular flexibility index (Phi) is 5.93. The number of nitrogens with one attached hydrogen (secondary N) is 3. The lowest BCUT2D eigenvalue weighted by Crippen LogP contribution is -2.62. The minimum atomic E-state index is -0.611. The molecule has 3 saturated heterocycles. The maximum Gasteiger partial charge on any atom is 0.409 e. The SMILES string of the molecule is COC(=O)N1CCC(CC#N)(N2NC(Nc3ccnc(F)c3)C3C(=O)NCCC32)CC1. The molecule has 3 atom stereocenters. The number of hydrogen-bond donors (Lipinski definition) is 3. The fraction of sp³-hybridized carbons (Fsp3) is 0.600. The molecule has 0 aromatic carbocycles. The normalized spacial score (nSPS) is 27.7. The summed E-state index contributed by atoms with van der Waals surface area (Å²) in [6.45, 7) is 1.47. The number of methoxy groups -OCH3 is 1. The lowest BCUT2D eigenvalue weighted by atomic mass is 9.81. The highest BCUT2D eigenvalue weighted by molar-refractivity contribution is 5.82. The summed E-state index contributed by atoms with van der Waals surface area (Å²) in [5.41, 5.74) is 3.40. The van der Waals surface area contributed by atoms with Crippen LogP contribution in [0.15, 0.2) is 18.3 Å². The Hall–Kier alpha value is -2.97. The third-order valence-electron chi connectivity index (χ3n) is 6.52. The van der Waals surface area contributed by atoms with E-state index < -0.39 is 23.6 Å². The highest BCUT2D eigenvalue weighted by Gasteiger charge is 2.55. The van der Waals surface area contributed by atoms with Crippen molar-refractivity contribution in [2.75, 3.05) is 32.1 Å². The van der Waals surface area contributed by atoms with Gasteiger partial charge in [-0.2, -0.15) is 9.65 Å². The highest BCUT2D eigenvalue weighted by atomic mass is 19.1. The molecule has 4 heterocycles. The van der Waals surface area contributed by atoms with Gasteiger partial charge in [0.2, 0.25) is 11.9 Å². The Labute approximate surface area is 179 Å².